The van der Waals surface area contributed by atoms with Crippen LogP contribution in [-0.4, -0.2) is 63.8 Å². The van der Waals surface area contributed by atoms with Crippen LogP contribution < -0.4 is 5.32 Å². The van der Waals surface area contributed by atoms with Gasteiger partial charge >= 0.3 is 6.03 Å². The molecule has 1 atom stereocenters. The molecule has 8 nitrogen and oxygen atoms in total. The first-order chi connectivity index (χ1) is 10.1. The number of hydrogen-bond acceptors (Lipinski definition) is 4. The number of nitrogens with one attached hydrogen (secondary N) is 2. The predicted molar refractivity (Wildman–Crippen MR) is 72.3 cm³/mol. The van der Waals surface area contributed by atoms with E-state index in [9.17, 15) is 14.4 Å². The Hall–Kier alpha value is -2.38. The van der Waals surface area contributed by atoms with Gasteiger partial charge in [0, 0.05) is 31.4 Å². The molecule has 0 aliphatic carbocycles. The summed E-state index contributed by atoms with van der Waals surface area (Å²) < 4.78 is 0. The topological polar surface area (TPSA) is 98.4 Å². The molecule has 4 amide bonds. The third-order valence-electron chi connectivity index (χ3n) is 3.91. The van der Waals surface area contributed by atoms with Crippen molar-refractivity contribution in [3.05, 3.63) is 18.2 Å². The van der Waals surface area contributed by atoms with Crippen LogP contribution in [0.15, 0.2) is 12.4 Å². The summed E-state index contributed by atoms with van der Waals surface area (Å²) in [7, 11) is 0. The summed E-state index contributed by atoms with van der Waals surface area (Å²) >= 11 is 0. The van der Waals surface area contributed by atoms with Crippen molar-refractivity contribution in [1.82, 2.24) is 25.1 Å². The lowest BCUT2D eigenvalue weighted by Gasteiger charge is -2.32. The van der Waals surface area contributed by atoms with E-state index in [0.717, 1.165) is 23.6 Å². The molecular weight excluding hydrogens is 274 g/mol. The largest absolute Gasteiger partial charge is 0.348 e. The number of imidazole rings is 1. The summed E-state index contributed by atoms with van der Waals surface area (Å²) in [4.78, 5) is 45.2. The summed E-state index contributed by atoms with van der Waals surface area (Å²) in [6, 6.07) is -0.493. The Labute approximate surface area is 121 Å². The van der Waals surface area contributed by atoms with Gasteiger partial charge in [0.15, 0.2) is 0 Å². The van der Waals surface area contributed by atoms with Crippen molar-refractivity contribution in [3.63, 3.8) is 0 Å². The fourth-order valence-electron chi connectivity index (χ4n) is 2.78. The first-order valence-corrected chi connectivity index (χ1v) is 7.00. The van der Waals surface area contributed by atoms with Crippen molar-refractivity contribution in [1.29, 1.82) is 0 Å². The number of imide groups is 1. The van der Waals surface area contributed by atoms with Crippen LogP contribution in [0.2, 0.25) is 0 Å². The van der Waals surface area contributed by atoms with E-state index in [0.29, 0.717) is 13.1 Å². The van der Waals surface area contributed by atoms with Gasteiger partial charge in [0.2, 0.25) is 5.91 Å². The highest BCUT2D eigenvalue weighted by Crippen LogP contribution is 2.24. The van der Waals surface area contributed by atoms with E-state index in [1.165, 1.54) is 0 Å². The third kappa shape index (κ3) is 2.74. The van der Waals surface area contributed by atoms with E-state index in [-0.39, 0.29) is 30.8 Å². The lowest BCUT2D eigenvalue weighted by Crippen LogP contribution is -2.46. The number of carbonyl (C=O) groups is 3. The van der Waals surface area contributed by atoms with Gasteiger partial charge in [-0.15, -0.1) is 0 Å². The normalized spacial score (nSPS) is 22.6. The molecule has 2 aliphatic rings. The van der Waals surface area contributed by atoms with Crippen LogP contribution in [0.5, 0.6) is 0 Å². The summed E-state index contributed by atoms with van der Waals surface area (Å²) in [6.07, 6.45) is 5.32. The minimum absolute atomic E-state index is 0.0267. The number of likely N-dealkylation sites (tertiary alicyclic amines) is 1. The smallest absolute Gasteiger partial charge is 0.325 e. The number of nitrogens with zero attached hydrogens (tertiary/aromatic N) is 3. The maximum Gasteiger partial charge on any atom is 0.325 e. The van der Waals surface area contributed by atoms with E-state index >= 15 is 0 Å². The van der Waals surface area contributed by atoms with Gasteiger partial charge in [-0.3, -0.25) is 14.5 Å². The Morgan fingerprint density at radius 3 is 2.95 bits per heavy atom. The molecule has 0 spiro atoms. The summed E-state index contributed by atoms with van der Waals surface area (Å²) in [5.74, 6) is 0.507. The van der Waals surface area contributed by atoms with Crippen LogP contribution in [0.4, 0.5) is 4.79 Å². The SMILES string of the molecule is O=C(CN1C(=O)CNC1=O)N1CCC[C@@H](c2ncc[nH]2)C1. The summed E-state index contributed by atoms with van der Waals surface area (Å²) in [5, 5.41) is 2.41. The monoisotopic (exact) mass is 291 g/mol. The average molecular weight is 291 g/mol. The molecule has 2 fully saturated rings. The number of aromatic nitrogens is 2. The van der Waals surface area contributed by atoms with Gasteiger partial charge < -0.3 is 15.2 Å². The van der Waals surface area contributed by atoms with Crippen molar-refractivity contribution >= 4 is 17.8 Å². The van der Waals surface area contributed by atoms with Crippen molar-refractivity contribution in [2.24, 2.45) is 0 Å². The molecule has 3 heterocycles. The first-order valence-electron chi connectivity index (χ1n) is 7.00. The average Bonchev–Trinajstić information content (AvgIpc) is 3.13. The molecule has 3 rings (SSSR count). The van der Waals surface area contributed by atoms with Crippen LogP contribution in [0.3, 0.4) is 0 Å². The summed E-state index contributed by atoms with van der Waals surface area (Å²) in [6.45, 7) is 1.01. The predicted octanol–water partition coefficient (Wildman–Crippen LogP) is -0.332. The summed E-state index contributed by atoms with van der Waals surface area (Å²) in [5.41, 5.74) is 0. The van der Waals surface area contributed by atoms with Gasteiger partial charge in [-0.05, 0) is 12.8 Å². The van der Waals surface area contributed by atoms with Crippen LogP contribution >= 0.6 is 0 Å². The standard InChI is InChI=1S/C13H17N5O3/c19-10-6-16-13(21)18(10)8-11(20)17-5-1-2-9(7-17)12-14-3-4-15-12/h3-4,9H,1-2,5-8H2,(H,14,15)(H,16,21)/t9-/m1/s1. The molecule has 0 unspecified atom stereocenters. The minimum atomic E-state index is -0.493. The second-order valence-corrected chi connectivity index (χ2v) is 5.29. The molecule has 0 radical (unpaired) electrons. The lowest BCUT2D eigenvalue weighted by atomic mass is 9.97. The second-order valence-electron chi connectivity index (χ2n) is 5.29. The number of urea groups is 1. The molecule has 2 N–H and O–H groups in total. The maximum absolute atomic E-state index is 12.3. The minimum Gasteiger partial charge on any atom is -0.348 e. The Morgan fingerprint density at radius 1 is 1.43 bits per heavy atom. The second kappa shape index (κ2) is 5.55. The highest BCUT2D eigenvalue weighted by atomic mass is 16.2. The maximum atomic E-state index is 12.3. The van der Waals surface area contributed by atoms with Crippen molar-refractivity contribution in [2.45, 2.75) is 18.8 Å². The van der Waals surface area contributed by atoms with E-state index in [2.05, 4.69) is 15.3 Å². The van der Waals surface area contributed by atoms with Crippen LogP contribution in [-0.2, 0) is 9.59 Å². The molecule has 2 aliphatic heterocycles. The van der Waals surface area contributed by atoms with Gasteiger partial charge in [-0.25, -0.2) is 9.78 Å². The Balaban J connectivity index is 1.62. The number of rotatable bonds is 3. The Kier molecular flexibility index (Phi) is 3.59. The van der Waals surface area contributed by atoms with Crippen molar-refractivity contribution in [3.8, 4) is 0 Å². The number of hydrogen-bond donors (Lipinski definition) is 2. The zero-order chi connectivity index (χ0) is 14.8. The number of aromatic amines is 1. The van der Waals surface area contributed by atoms with E-state index in [1.54, 1.807) is 17.3 Å². The molecule has 1 aromatic heterocycles. The van der Waals surface area contributed by atoms with Gasteiger partial charge in [0.25, 0.3) is 5.91 Å². The molecule has 8 heteroatoms. The molecule has 0 aromatic carbocycles. The van der Waals surface area contributed by atoms with Gasteiger partial charge in [0.1, 0.15) is 12.4 Å². The number of H-pyrrole nitrogens is 1. The molecule has 2 saturated heterocycles. The highest BCUT2D eigenvalue weighted by Gasteiger charge is 2.33. The molecule has 21 heavy (non-hydrogen) atoms. The highest BCUT2D eigenvalue weighted by molar-refractivity contribution is 6.04. The zero-order valence-electron chi connectivity index (χ0n) is 11.5. The van der Waals surface area contributed by atoms with E-state index in [4.69, 9.17) is 0 Å². The quantitative estimate of drug-likeness (QED) is 0.745. The Bertz CT molecular complexity index is 540. The van der Waals surface area contributed by atoms with Crippen LogP contribution in [0.1, 0.15) is 24.6 Å². The van der Waals surface area contributed by atoms with Gasteiger partial charge in [-0.1, -0.05) is 0 Å². The van der Waals surface area contributed by atoms with Gasteiger partial charge in [0.05, 0.1) is 6.54 Å². The number of carbonyl (C=O) groups excluding carboxylic acids is 3. The van der Waals surface area contributed by atoms with E-state index < -0.39 is 6.03 Å². The molecular formula is C13H17N5O3. The van der Waals surface area contributed by atoms with Crippen LogP contribution in [0.25, 0.3) is 0 Å². The number of amides is 4. The zero-order valence-corrected chi connectivity index (χ0v) is 11.5. The Morgan fingerprint density at radius 2 is 2.29 bits per heavy atom. The molecule has 112 valence electrons. The first kappa shape index (κ1) is 13.6. The number of piperidine rings is 1. The molecule has 0 saturated carbocycles. The lowest BCUT2D eigenvalue weighted by molar-refractivity contribution is -0.137. The van der Waals surface area contributed by atoms with E-state index in [1.807, 2.05) is 0 Å². The molecule has 0 bridgehead atoms. The third-order valence-corrected chi connectivity index (χ3v) is 3.91. The van der Waals surface area contributed by atoms with Crippen molar-refractivity contribution in [2.75, 3.05) is 26.2 Å². The fraction of sp³-hybridized carbons (Fsp3) is 0.538. The van der Waals surface area contributed by atoms with Crippen LogP contribution in [0, 0.1) is 0 Å². The fourth-order valence-corrected chi connectivity index (χ4v) is 2.78. The van der Waals surface area contributed by atoms with Gasteiger partial charge in [-0.2, -0.15) is 0 Å². The molecule has 1 aromatic rings. The van der Waals surface area contributed by atoms with Crippen molar-refractivity contribution < 1.29 is 14.4 Å².